The highest BCUT2D eigenvalue weighted by atomic mass is 32.2. The molecule has 4 rings (SSSR count). The van der Waals surface area contributed by atoms with E-state index in [1.807, 2.05) is 6.92 Å². The number of aliphatic hydroxyl groups excluding tert-OH is 2. The van der Waals surface area contributed by atoms with Gasteiger partial charge < -0.3 is 15.5 Å². The number of aliphatic hydroxyl groups is 2. The molecule has 154 valence electrons. The maximum atomic E-state index is 12.5. The van der Waals surface area contributed by atoms with Crippen LogP contribution in [0.2, 0.25) is 0 Å². The SMILES string of the molecule is C[C@@H]1C[C@@H](Nc2ccnc3cc(-c4ccc(SC(F)(F)F)cc4)nn23)[C@H](O)[C@@H]1O. The van der Waals surface area contributed by atoms with Crippen LogP contribution >= 0.6 is 11.8 Å². The zero-order valence-electron chi connectivity index (χ0n) is 15.3. The highest BCUT2D eigenvalue weighted by Gasteiger charge is 2.39. The molecule has 0 bridgehead atoms. The van der Waals surface area contributed by atoms with Crippen LogP contribution in [0.4, 0.5) is 19.0 Å². The zero-order chi connectivity index (χ0) is 20.8. The van der Waals surface area contributed by atoms with Gasteiger partial charge >= 0.3 is 5.51 Å². The van der Waals surface area contributed by atoms with Crippen molar-refractivity contribution in [2.75, 3.05) is 5.32 Å². The van der Waals surface area contributed by atoms with Gasteiger partial charge in [-0.15, -0.1) is 0 Å². The molecule has 1 saturated carbocycles. The van der Waals surface area contributed by atoms with E-state index in [-0.39, 0.29) is 28.6 Å². The molecule has 29 heavy (non-hydrogen) atoms. The van der Waals surface area contributed by atoms with Crippen molar-refractivity contribution in [1.29, 1.82) is 0 Å². The Kier molecular flexibility index (Phi) is 5.18. The number of anilines is 1. The predicted octanol–water partition coefficient (Wildman–Crippen LogP) is 3.55. The Bertz CT molecular complexity index is 1010. The molecule has 1 fully saturated rings. The monoisotopic (exact) mass is 424 g/mol. The number of benzene rings is 1. The lowest BCUT2D eigenvalue weighted by Gasteiger charge is -2.19. The Morgan fingerprint density at radius 3 is 2.48 bits per heavy atom. The molecule has 0 radical (unpaired) electrons. The van der Waals surface area contributed by atoms with Crippen molar-refractivity contribution >= 4 is 23.2 Å². The second kappa shape index (κ2) is 7.51. The molecule has 1 aliphatic carbocycles. The van der Waals surface area contributed by atoms with Crippen LogP contribution in [0.5, 0.6) is 0 Å². The first-order valence-corrected chi connectivity index (χ1v) is 9.86. The summed E-state index contributed by atoms with van der Waals surface area (Å²) in [6.07, 6.45) is 0.541. The lowest BCUT2D eigenvalue weighted by molar-refractivity contribution is -0.0328. The van der Waals surface area contributed by atoms with E-state index in [0.29, 0.717) is 29.1 Å². The van der Waals surface area contributed by atoms with Crippen molar-refractivity contribution in [2.45, 2.75) is 42.0 Å². The first-order valence-electron chi connectivity index (χ1n) is 9.05. The van der Waals surface area contributed by atoms with Crippen LogP contribution in [-0.4, -0.2) is 48.6 Å². The van der Waals surface area contributed by atoms with E-state index in [1.54, 1.807) is 35.0 Å². The highest BCUT2D eigenvalue weighted by Crippen LogP contribution is 2.37. The molecule has 3 N–H and O–H groups in total. The summed E-state index contributed by atoms with van der Waals surface area (Å²) in [6.45, 7) is 1.88. The van der Waals surface area contributed by atoms with E-state index in [0.717, 1.165) is 0 Å². The molecule has 4 atom stereocenters. The minimum Gasteiger partial charge on any atom is -0.390 e. The number of hydrogen-bond donors (Lipinski definition) is 3. The van der Waals surface area contributed by atoms with Crippen LogP contribution < -0.4 is 5.32 Å². The molecule has 10 heteroatoms. The van der Waals surface area contributed by atoms with Crippen molar-refractivity contribution in [3.8, 4) is 11.3 Å². The summed E-state index contributed by atoms with van der Waals surface area (Å²) < 4.78 is 39.1. The van der Waals surface area contributed by atoms with Crippen LogP contribution in [0.25, 0.3) is 16.9 Å². The molecule has 1 aromatic carbocycles. The summed E-state index contributed by atoms with van der Waals surface area (Å²) in [7, 11) is 0. The van der Waals surface area contributed by atoms with E-state index >= 15 is 0 Å². The van der Waals surface area contributed by atoms with E-state index < -0.39 is 17.7 Å². The third-order valence-electron chi connectivity index (χ3n) is 5.05. The second-order valence-corrected chi connectivity index (χ2v) is 8.29. The number of rotatable bonds is 4. The second-order valence-electron chi connectivity index (χ2n) is 7.15. The smallest absolute Gasteiger partial charge is 0.390 e. The fourth-order valence-electron chi connectivity index (χ4n) is 3.56. The average molecular weight is 424 g/mol. The molecule has 6 nitrogen and oxygen atoms in total. The number of alkyl halides is 3. The Morgan fingerprint density at radius 2 is 1.86 bits per heavy atom. The van der Waals surface area contributed by atoms with Gasteiger partial charge in [0.15, 0.2) is 5.65 Å². The van der Waals surface area contributed by atoms with Gasteiger partial charge in [0.1, 0.15) is 11.9 Å². The summed E-state index contributed by atoms with van der Waals surface area (Å²) in [5, 5.41) is 27.9. The minimum absolute atomic E-state index is 0.0268. The van der Waals surface area contributed by atoms with E-state index in [9.17, 15) is 23.4 Å². The Balaban J connectivity index is 1.59. The van der Waals surface area contributed by atoms with Crippen LogP contribution in [0, 0.1) is 5.92 Å². The number of aromatic nitrogens is 3. The minimum atomic E-state index is -4.33. The van der Waals surface area contributed by atoms with Crippen LogP contribution in [0.15, 0.2) is 47.5 Å². The summed E-state index contributed by atoms with van der Waals surface area (Å²) >= 11 is -0.162. The molecular formula is C19H19F3N4O2S. The summed E-state index contributed by atoms with van der Waals surface area (Å²) in [4.78, 5) is 4.38. The van der Waals surface area contributed by atoms with Gasteiger partial charge in [0.2, 0.25) is 0 Å². The van der Waals surface area contributed by atoms with Crippen LogP contribution in [0.3, 0.4) is 0 Å². The van der Waals surface area contributed by atoms with Gasteiger partial charge in [-0.3, -0.25) is 0 Å². The molecule has 2 aromatic heterocycles. The number of hydrogen-bond acceptors (Lipinski definition) is 6. The van der Waals surface area contributed by atoms with Gasteiger partial charge in [-0.25, -0.2) is 4.98 Å². The van der Waals surface area contributed by atoms with Gasteiger partial charge in [-0.05, 0) is 42.3 Å². The fraction of sp³-hybridized carbons (Fsp3) is 0.368. The molecule has 0 amide bonds. The van der Waals surface area contributed by atoms with Gasteiger partial charge in [0.05, 0.1) is 17.8 Å². The first kappa shape index (κ1) is 20.0. The van der Waals surface area contributed by atoms with Crippen molar-refractivity contribution in [2.24, 2.45) is 5.92 Å². The molecule has 0 aliphatic heterocycles. The molecule has 0 unspecified atom stereocenters. The largest absolute Gasteiger partial charge is 0.446 e. The number of fused-ring (bicyclic) bond motifs is 1. The van der Waals surface area contributed by atoms with Crippen molar-refractivity contribution in [1.82, 2.24) is 14.6 Å². The Labute approximate surface area is 168 Å². The van der Waals surface area contributed by atoms with Crippen LogP contribution in [0.1, 0.15) is 13.3 Å². The highest BCUT2D eigenvalue weighted by molar-refractivity contribution is 8.00. The van der Waals surface area contributed by atoms with E-state index in [2.05, 4.69) is 15.4 Å². The topological polar surface area (TPSA) is 82.7 Å². The number of thioether (sulfide) groups is 1. The van der Waals surface area contributed by atoms with Gasteiger partial charge in [0.25, 0.3) is 0 Å². The molecule has 2 heterocycles. The quantitative estimate of drug-likeness (QED) is 0.556. The van der Waals surface area contributed by atoms with Gasteiger partial charge in [-0.1, -0.05) is 19.1 Å². The number of halogens is 3. The fourth-order valence-corrected chi connectivity index (χ4v) is 4.10. The van der Waals surface area contributed by atoms with Crippen molar-refractivity contribution in [3.05, 3.63) is 42.6 Å². The van der Waals surface area contributed by atoms with E-state index in [1.165, 1.54) is 12.1 Å². The predicted molar refractivity (Wildman–Crippen MR) is 104 cm³/mol. The Morgan fingerprint density at radius 1 is 1.14 bits per heavy atom. The molecule has 0 saturated heterocycles. The summed E-state index contributed by atoms with van der Waals surface area (Å²) in [5.74, 6) is 0.581. The molecule has 0 spiro atoms. The lowest BCUT2D eigenvalue weighted by Crippen LogP contribution is -2.35. The Hall–Kier alpha value is -2.30. The number of nitrogens with one attached hydrogen (secondary N) is 1. The number of nitrogens with zero attached hydrogens (tertiary/aromatic N) is 3. The van der Waals surface area contributed by atoms with E-state index in [4.69, 9.17) is 0 Å². The molecular weight excluding hydrogens is 405 g/mol. The zero-order valence-corrected chi connectivity index (χ0v) is 16.2. The van der Waals surface area contributed by atoms with Crippen molar-refractivity contribution < 1.29 is 23.4 Å². The standard InChI is InChI=1S/C19H19F3N4O2S/c1-10-8-14(18(28)17(10)27)24-15-6-7-23-16-9-13(25-26(15)16)11-2-4-12(5-3-11)29-19(20,21)22/h2-7,9-10,14,17-18,24,27-28H,8H2,1H3/t10-,14-,17-,18+/m1/s1. The maximum absolute atomic E-state index is 12.5. The summed E-state index contributed by atoms with van der Waals surface area (Å²) in [5.41, 5.74) is -2.54. The molecule has 3 aromatic rings. The first-order chi connectivity index (χ1) is 13.7. The average Bonchev–Trinajstić information content (AvgIpc) is 3.19. The van der Waals surface area contributed by atoms with Crippen LogP contribution in [-0.2, 0) is 0 Å². The third-order valence-corrected chi connectivity index (χ3v) is 5.79. The summed E-state index contributed by atoms with van der Waals surface area (Å²) in [6, 6.07) is 9.11. The normalized spacial score (nSPS) is 24.9. The van der Waals surface area contributed by atoms with Gasteiger partial charge in [-0.2, -0.15) is 22.8 Å². The molecule has 1 aliphatic rings. The van der Waals surface area contributed by atoms with Gasteiger partial charge in [0, 0.05) is 22.7 Å². The van der Waals surface area contributed by atoms with Crippen molar-refractivity contribution in [3.63, 3.8) is 0 Å². The third kappa shape index (κ3) is 4.19. The maximum Gasteiger partial charge on any atom is 0.446 e. The lowest BCUT2D eigenvalue weighted by atomic mass is 10.1.